The van der Waals surface area contributed by atoms with Gasteiger partial charge in [-0.15, -0.1) is 0 Å². The van der Waals surface area contributed by atoms with Crippen molar-refractivity contribution in [2.75, 3.05) is 33.2 Å². The molecule has 0 saturated carbocycles. The van der Waals surface area contributed by atoms with E-state index in [9.17, 15) is 22.4 Å². The van der Waals surface area contributed by atoms with E-state index in [1.807, 2.05) is 0 Å². The third-order valence-corrected chi connectivity index (χ3v) is 5.17. The quantitative estimate of drug-likeness (QED) is 0.615. The van der Waals surface area contributed by atoms with Crippen molar-refractivity contribution in [1.82, 2.24) is 4.72 Å². The summed E-state index contributed by atoms with van der Waals surface area (Å²) in [5, 5.41) is 2.48. The Kier molecular flexibility index (Phi) is 7.13. The van der Waals surface area contributed by atoms with E-state index in [1.54, 1.807) is 12.1 Å². The fourth-order valence-corrected chi connectivity index (χ4v) is 3.00. The van der Waals surface area contributed by atoms with E-state index in [0.29, 0.717) is 17.2 Å². The first-order valence-corrected chi connectivity index (χ1v) is 9.62. The molecule has 11 heteroatoms. The predicted molar refractivity (Wildman–Crippen MR) is 101 cm³/mol. The molecule has 0 aliphatic carbocycles. The highest BCUT2D eigenvalue weighted by atomic mass is 32.2. The highest BCUT2D eigenvalue weighted by molar-refractivity contribution is 7.89. The summed E-state index contributed by atoms with van der Waals surface area (Å²) >= 11 is 0. The molecule has 0 bridgehead atoms. The van der Waals surface area contributed by atoms with Crippen LogP contribution in [0.15, 0.2) is 41.3 Å². The second kappa shape index (κ2) is 9.34. The van der Waals surface area contributed by atoms with E-state index < -0.39 is 39.9 Å². The maximum absolute atomic E-state index is 13.9. The molecule has 2 aromatic carbocycles. The normalized spacial score (nSPS) is 10.9. The number of hydrogen-bond donors (Lipinski definition) is 2. The summed E-state index contributed by atoms with van der Waals surface area (Å²) in [4.78, 5) is 23.8. The van der Waals surface area contributed by atoms with E-state index in [1.165, 1.54) is 27.3 Å². The Morgan fingerprint density at radius 1 is 1.07 bits per heavy atom. The molecule has 0 saturated heterocycles. The van der Waals surface area contributed by atoms with E-state index in [2.05, 4.69) is 10.0 Å². The summed E-state index contributed by atoms with van der Waals surface area (Å²) in [7, 11) is 0.168. The number of carbonyl (C=O) groups is 2. The Morgan fingerprint density at radius 3 is 2.41 bits per heavy atom. The first kappa shape index (κ1) is 22.1. The predicted octanol–water partition coefficient (Wildman–Crippen LogP) is 1.55. The molecule has 0 radical (unpaired) electrons. The smallest absolute Gasteiger partial charge is 0.341 e. The van der Waals surface area contributed by atoms with Crippen molar-refractivity contribution in [3.05, 3.63) is 47.8 Å². The summed E-state index contributed by atoms with van der Waals surface area (Å²) in [6, 6.07) is 7.32. The van der Waals surface area contributed by atoms with Gasteiger partial charge in [0.1, 0.15) is 17.3 Å². The van der Waals surface area contributed by atoms with Crippen molar-refractivity contribution in [3.63, 3.8) is 0 Å². The monoisotopic (exact) mass is 426 g/mol. The van der Waals surface area contributed by atoms with Crippen molar-refractivity contribution < 1.29 is 36.6 Å². The number of benzene rings is 2. The molecule has 2 rings (SSSR count). The average molecular weight is 426 g/mol. The molecule has 0 aliphatic heterocycles. The van der Waals surface area contributed by atoms with Crippen LogP contribution in [0.3, 0.4) is 0 Å². The average Bonchev–Trinajstić information content (AvgIpc) is 2.72. The maximum atomic E-state index is 13.9. The highest BCUT2D eigenvalue weighted by Gasteiger charge is 2.20. The summed E-state index contributed by atoms with van der Waals surface area (Å²) in [6.07, 6.45) is 0. The summed E-state index contributed by atoms with van der Waals surface area (Å²) < 4.78 is 54.5. The van der Waals surface area contributed by atoms with Crippen LogP contribution in [-0.2, 0) is 19.6 Å². The second-order valence-electron chi connectivity index (χ2n) is 5.54. The van der Waals surface area contributed by atoms with Crippen LogP contribution in [-0.4, -0.2) is 48.2 Å². The Hall–Kier alpha value is -3.18. The number of methoxy groups -OCH3 is 2. The first-order chi connectivity index (χ1) is 13.7. The molecule has 0 atom stereocenters. The minimum Gasteiger partial charge on any atom is -0.497 e. The van der Waals surface area contributed by atoms with Gasteiger partial charge in [-0.05, 0) is 37.4 Å². The number of hydrogen-bond acceptors (Lipinski definition) is 7. The molecule has 0 aliphatic rings. The van der Waals surface area contributed by atoms with Gasteiger partial charge in [-0.25, -0.2) is 22.3 Å². The van der Waals surface area contributed by atoms with Gasteiger partial charge < -0.3 is 19.5 Å². The molecule has 1 amide bonds. The van der Waals surface area contributed by atoms with E-state index in [4.69, 9.17) is 14.2 Å². The van der Waals surface area contributed by atoms with Gasteiger partial charge in [0.25, 0.3) is 5.91 Å². The topological polar surface area (TPSA) is 120 Å². The number of amides is 1. The zero-order valence-corrected chi connectivity index (χ0v) is 16.6. The molecular formula is C18H19FN2O7S. The molecule has 0 unspecified atom stereocenters. The number of halogens is 1. The molecule has 0 aromatic heterocycles. The van der Waals surface area contributed by atoms with E-state index in [-0.39, 0.29) is 4.90 Å². The number of anilines is 1. The van der Waals surface area contributed by atoms with Gasteiger partial charge in [0.05, 0.1) is 30.4 Å². The molecule has 156 valence electrons. The number of nitrogens with one attached hydrogen (secondary N) is 2. The highest BCUT2D eigenvalue weighted by Crippen LogP contribution is 2.28. The maximum Gasteiger partial charge on any atom is 0.341 e. The van der Waals surface area contributed by atoms with Crippen LogP contribution >= 0.6 is 0 Å². The zero-order valence-electron chi connectivity index (χ0n) is 15.8. The van der Waals surface area contributed by atoms with Crippen LogP contribution in [0.1, 0.15) is 10.4 Å². The van der Waals surface area contributed by atoms with Crippen molar-refractivity contribution in [2.24, 2.45) is 0 Å². The standard InChI is InChI=1S/C18H19FN2O7S/c1-20-29(24,25)12-5-6-14(19)13(9-12)18(23)28-10-17(22)21-15-7-4-11(26-2)8-16(15)27-3/h4-9,20H,10H2,1-3H3,(H,21,22). The molecule has 2 aromatic rings. The number of carbonyl (C=O) groups excluding carboxylic acids is 2. The first-order valence-electron chi connectivity index (χ1n) is 8.14. The van der Waals surface area contributed by atoms with E-state index >= 15 is 0 Å². The molecule has 9 nitrogen and oxygen atoms in total. The number of ether oxygens (including phenoxy) is 3. The van der Waals surface area contributed by atoms with Crippen LogP contribution in [0.25, 0.3) is 0 Å². The lowest BCUT2D eigenvalue weighted by Crippen LogP contribution is -2.22. The third-order valence-electron chi connectivity index (χ3n) is 3.75. The van der Waals surface area contributed by atoms with Crippen LogP contribution in [0.4, 0.5) is 10.1 Å². The van der Waals surface area contributed by atoms with Crippen molar-refractivity contribution in [3.8, 4) is 11.5 Å². The van der Waals surface area contributed by atoms with Crippen LogP contribution in [0, 0.1) is 5.82 Å². The fourth-order valence-electron chi connectivity index (χ4n) is 2.24. The van der Waals surface area contributed by atoms with Gasteiger partial charge in [-0.2, -0.15) is 0 Å². The molecular weight excluding hydrogens is 407 g/mol. The number of sulfonamides is 1. The van der Waals surface area contributed by atoms with Gasteiger partial charge in [-0.1, -0.05) is 0 Å². The fraction of sp³-hybridized carbons (Fsp3) is 0.222. The van der Waals surface area contributed by atoms with Gasteiger partial charge in [0.2, 0.25) is 10.0 Å². The Morgan fingerprint density at radius 2 is 1.79 bits per heavy atom. The number of esters is 1. The minimum absolute atomic E-state index is 0.308. The Labute approximate surface area is 166 Å². The Bertz CT molecular complexity index is 1020. The van der Waals surface area contributed by atoms with Gasteiger partial charge in [0.15, 0.2) is 6.61 Å². The second-order valence-corrected chi connectivity index (χ2v) is 7.43. The molecule has 0 spiro atoms. The Balaban J connectivity index is 2.08. The van der Waals surface area contributed by atoms with E-state index in [0.717, 1.165) is 18.2 Å². The van der Waals surface area contributed by atoms with Crippen molar-refractivity contribution >= 4 is 27.6 Å². The summed E-state index contributed by atoms with van der Waals surface area (Å²) in [5.74, 6) is -2.05. The molecule has 0 fully saturated rings. The molecule has 29 heavy (non-hydrogen) atoms. The van der Waals surface area contributed by atoms with Gasteiger partial charge in [-0.3, -0.25) is 4.79 Å². The van der Waals surface area contributed by atoms with Crippen LogP contribution in [0.5, 0.6) is 11.5 Å². The van der Waals surface area contributed by atoms with Gasteiger partial charge in [0, 0.05) is 6.07 Å². The summed E-state index contributed by atoms with van der Waals surface area (Å²) in [5.41, 5.74) is -0.307. The lowest BCUT2D eigenvalue weighted by atomic mass is 10.2. The zero-order chi connectivity index (χ0) is 21.6. The van der Waals surface area contributed by atoms with Crippen LogP contribution in [0.2, 0.25) is 0 Å². The third kappa shape index (κ3) is 5.42. The SMILES string of the molecule is CNS(=O)(=O)c1ccc(F)c(C(=O)OCC(=O)Nc2ccc(OC)cc2OC)c1. The van der Waals surface area contributed by atoms with Crippen molar-refractivity contribution in [1.29, 1.82) is 0 Å². The lowest BCUT2D eigenvalue weighted by molar-refractivity contribution is -0.119. The number of rotatable bonds is 8. The summed E-state index contributed by atoms with van der Waals surface area (Å²) in [6.45, 7) is -0.726. The lowest BCUT2D eigenvalue weighted by Gasteiger charge is -2.12. The van der Waals surface area contributed by atoms with Gasteiger partial charge >= 0.3 is 5.97 Å². The molecule has 0 heterocycles. The van der Waals surface area contributed by atoms with Crippen molar-refractivity contribution in [2.45, 2.75) is 4.90 Å². The van der Waals surface area contributed by atoms with Crippen LogP contribution < -0.4 is 19.5 Å². The largest absolute Gasteiger partial charge is 0.497 e. The molecule has 2 N–H and O–H groups in total. The minimum atomic E-state index is -3.88.